The number of nitrogens with zero attached hydrogens (tertiary/aromatic N) is 2. The maximum atomic E-state index is 6.35. The van der Waals surface area contributed by atoms with E-state index in [4.69, 9.17) is 4.74 Å². The van der Waals surface area contributed by atoms with E-state index in [-0.39, 0.29) is 0 Å². The molecule has 0 aliphatic carbocycles. The molecular formula is C22H34N2O. The molecule has 1 aromatic carbocycles. The SMILES string of the molecule is Cc1cc(CN2CCCCC2)cc(C)c1OCC1CC2CCN1CC2. The van der Waals surface area contributed by atoms with Crippen LogP contribution in [0.1, 0.15) is 55.2 Å². The zero-order valence-electron chi connectivity index (χ0n) is 16.1. The number of rotatable bonds is 5. The predicted molar refractivity (Wildman–Crippen MR) is 103 cm³/mol. The normalized spacial score (nSPS) is 29.8. The fraction of sp³-hybridized carbons (Fsp3) is 0.727. The van der Waals surface area contributed by atoms with E-state index in [1.54, 1.807) is 0 Å². The first-order valence-electron chi connectivity index (χ1n) is 10.4. The molecule has 0 spiro atoms. The third kappa shape index (κ3) is 4.03. The summed E-state index contributed by atoms with van der Waals surface area (Å²) < 4.78 is 6.35. The summed E-state index contributed by atoms with van der Waals surface area (Å²) in [7, 11) is 0. The van der Waals surface area contributed by atoms with Gasteiger partial charge in [-0.3, -0.25) is 9.80 Å². The van der Waals surface area contributed by atoms with Gasteiger partial charge in [-0.1, -0.05) is 18.6 Å². The standard InChI is InChI=1S/C22H34N2O/c1-17-12-20(15-23-8-4-3-5-9-23)13-18(2)22(17)25-16-21-14-19-6-10-24(21)11-7-19/h12-13,19,21H,3-11,14-16H2,1-2H3. The van der Waals surface area contributed by atoms with Gasteiger partial charge in [0.15, 0.2) is 0 Å². The van der Waals surface area contributed by atoms with Crippen LogP contribution < -0.4 is 4.74 Å². The maximum absolute atomic E-state index is 6.35. The largest absolute Gasteiger partial charge is 0.491 e. The van der Waals surface area contributed by atoms with Gasteiger partial charge in [-0.05, 0) is 94.7 Å². The summed E-state index contributed by atoms with van der Waals surface area (Å²) in [6, 6.07) is 5.34. The molecule has 0 amide bonds. The van der Waals surface area contributed by atoms with Gasteiger partial charge in [0.1, 0.15) is 12.4 Å². The third-order valence-electron chi connectivity index (χ3n) is 6.57. The molecule has 25 heavy (non-hydrogen) atoms. The van der Waals surface area contributed by atoms with Crippen molar-refractivity contribution in [2.45, 2.75) is 65.0 Å². The summed E-state index contributed by atoms with van der Waals surface area (Å²) in [5.74, 6) is 2.08. The minimum absolute atomic E-state index is 0.638. The second kappa shape index (κ2) is 7.67. The molecule has 1 atom stereocenters. The smallest absolute Gasteiger partial charge is 0.125 e. The number of aryl methyl sites for hydroxylation is 2. The molecule has 1 aromatic rings. The van der Waals surface area contributed by atoms with Crippen LogP contribution in [-0.2, 0) is 6.54 Å². The van der Waals surface area contributed by atoms with Crippen molar-refractivity contribution in [3.8, 4) is 5.75 Å². The fourth-order valence-electron chi connectivity index (χ4n) is 5.18. The lowest BCUT2D eigenvalue weighted by atomic mass is 9.83. The lowest BCUT2D eigenvalue weighted by molar-refractivity contribution is 0.0236. The Labute approximate surface area is 153 Å². The molecule has 4 heterocycles. The lowest BCUT2D eigenvalue weighted by Crippen LogP contribution is -2.51. The Bertz CT molecular complexity index is 563. The summed E-state index contributed by atoms with van der Waals surface area (Å²) >= 11 is 0. The van der Waals surface area contributed by atoms with Crippen LogP contribution in [0, 0.1) is 19.8 Å². The Kier molecular flexibility index (Phi) is 5.33. The van der Waals surface area contributed by atoms with Crippen LogP contribution in [0.2, 0.25) is 0 Å². The fourth-order valence-corrected chi connectivity index (χ4v) is 5.18. The molecule has 138 valence electrons. The van der Waals surface area contributed by atoms with Gasteiger partial charge in [-0.15, -0.1) is 0 Å². The molecule has 2 bridgehead atoms. The Balaban J connectivity index is 1.38. The van der Waals surface area contributed by atoms with Gasteiger partial charge in [-0.2, -0.15) is 0 Å². The van der Waals surface area contributed by atoms with Crippen molar-refractivity contribution >= 4 is 0 Å². The Morgan fingerprint density at radius 2 is 1.64 bits per heavy atom. The number of likely N-dealkylation sites (tertiary alicyclic amines) is 1. The molecule has 0 radical (unpaired) electrons. The van der Waals surface area contributed by atoms with Crippen molar-refractivity contribution in [2.24, 2.45) is 5.92 Å². The summed E-state index contributed by atoms with van der Waals surface area (Å²) in [5.41, 5.74) is 4.07. The van der Waals surface area contributed by atoms with Gasteiger partial charge in [-0.25, -0.2) is 0 Å². The molecule has 3 nitrogen and oxygen atoms in total. The van der Waals surface area contributed by atoms with Crippen molar-refractivity contribution in [2.75, 3.05) is 32.8 Å². The first kappa shape index (κ1) is 17.4. The summed E-state index contributed by atoms with van der Waals surface area (Å²) in [6.07, 6.45) is 8.26. The zero-order valence-corrected chi connectivity index (χ0v) is 16.1. The van der Waals surface area contributed by atoms with Crippen LogP contribution in [0.3, 0.4) is 0 Å². The number of ether oxygens (including phenoxy) is 1. The molecule has 3 heteroatoms. The zero-order chi connectivity index (χ0) is 17.2. The number of benzene rings is 1. The summed E-state index contributed by atoms with van der Waals surface area (Å²) in [6.45, 7) is 11.5. The van der Waals surface area contributed by atoms with E-state index in [0.29, 0.717) is 6.04 Å². The monoisotopic (exact) mass is 342 g/mol. The van der Waals surface area contributed by atoms with Crippen LogP contribution in [-0.4, -0.2) is 48.6 Å². The van der Waals surface area contributed by atoms with Gasteiger partial charge in [0.2, 0.25) is 0 Å². The topological polar surface area (TPSA) is 15.7 Å². The second-order valence-corrected chi connectivity index (χ2v) is 8.58. The molecule has 0 N–H and O–H groups in total. The lowest BCUT2D eigenvalue weighted by Gasteiger charge is -2.45. The minimum atomic E-state index is 0.638. The van der Waals surface area contributed by atoms with Crippen LogP contribution in [0.5, 0.6) is 5.75 Å². The first-order chi connectivity index (χ1) is 12.2. The Morgan fingerprint density at radius 3 is 2.24 bits per heavy atom. The highest BCUT2D eigenvalue weighted by Gasteiger charge is 2.33. The van der Waals surface area contributed by atoms with Crippen LogP contribution in [0.4, 0.5) is 0 Å². The number of hydrogen-bond acceptors (Lipinski definition) is 3. The summed E-state index contributed by atoms with van der Waals surface area (Å²) in [4.78, 5) is 5.25. The number of fused-ring (bicyclic) bond motifs is 3. The third-order valence-corrected chi connectivity index (χ3v) is 6.57. The Hall–Kier alpha value is -1.06. The number of hydrogen-bond donors (Lipinski definition) is 0. The summed E-state index contributed by atoms with van der Waals surface area (Å²) in [5, 5.41) is 0. The van der Waals surface area contributed by atoms with Crippen molar-refractivity contribution in [1.82, 2.24) is 9.80 Å². The minimum Gasteiger partial charge on any atom is -0.491 e. The van der Waals surface area contributed by atoms with Gasteiger partial charge >= 0.3 is 0 Å². The highest BCUT2D eigenvalue weighted by atomic mass is 16.5. The van der Waals surface area contributed by atoms with Crippen LogP contribution >= 0.6 is 0 Å². The highest BCUT2D eigenvalue weighted by molar-refractivity contribution is 5.43. The Morgan fingerprint density at radius 1 is 0.960 bits per heavy atom. The van der Waals surface area contributed by atoms with Gasteiger partial charge in [0.05, 0.1) is 0 Å². The van der Waals surface area contributed by atoms with Crippen molar-refractivity contribution in [3.63, 3.8) is 0 Å². The molecule has 0 aromatic heterocycles. The van der Waals surface area contributed by atoms with E-state index in [2.05, 4.69) is 35.8 Å². The van der Waals surface area contributed by atoms with E-state index < -0.39 is 0 Å². The molecule has 5 rings (SSSR count). The molecule has 0 saturated carbocycles. The second-order valence-electron chi connectivity index (χ2n) is 8.58. The molecule has 4 fully saturated rings. The van der Waals surface area contributed by atoms with Crippen molar-refractivity contribution in [3.05, 3.63) is 28.8 Å². The quantitative estimate of drug-likeness (QED) is 0.799. The van der Waals surface area contributed by atoms with E-state index >= 15 is 0 Å². The molecule has 1 unspecified atom stereocenters. The maximum Gasteiger partial charge on any atom is 0.125 e. The number of piperidine rings is 4. The van der Waals surface area contributed by atoms with E-state index in [9.17, 15) is 0 Å². The van der Waals surface area contributed by atoms with Crippen molar-refractivity contribution in [1.29, 1.82) is 0 Å². The average Bonchev–Trinajstić information content (AvgIpc) is 2.63. The van der Waals surface area contributed by atoms with Gasteiger partial charge < -0.3 is 4.74 Å². The van der Waals surface area contributed by atoms with Gasteiger partial charge in [0.25, 0.3) is 0 Å². The molecule has 4 aliphatic rings. The van der Waals surface area contributed by atoms with Gasteiger partial charge in [0, 0.05) is 12.6 Å². The molecule has 4 saturated heterocycles. The molecular weight excluding hydrogens is 308 g/mol. The highest BCUT2D eigenvalue weighted by Crippen LogP contribution is 2.33. The predicted octanol–water partition coefficient (Wildman–Crippen LogP) is 4.15. The van der Waals surface area contributed by atoms with E-state index in [0.717, 1.165) is 24.8 Å². The van der Waals surface area contributed by atoms with Crippen LogP contribution in [0.25, 0.3) is 0 Å². The van der Waals surface area contributed by atoms with E-state index in [1.165, 1.54) is 81.4 Å². The van der Waals surface area contributed by atoms with Crippen LogP contribution in [0.15, 0.2) is 12.1 Å². The molecule has 4 aliphatic heterocycles. The van der Waals surface area contributed by atoms with Crippen molar-refractivity contribution < 1.29 is 4.74 Å². The first-order valence-corrected chi connectivity index (χ1v) is 10.4. The van der Waals surface area contributed by atoms with E-state index in [1.807, 2.05) is 0 Å². The average molecular weight is 343 g/mol.